The fourth-order valence-electron chi connectivity index (χ4n) is 2.98. The van der Waals surface area contributed by atoms with Crippen LogP contribution in [0.2, 0.25) is 0 Å². The molecule has 0 atom stereocenters. The molecule has 0 aliphatic carbocycles. The van der Waals surface area contributed by atoms with Crippen LogP contribution in [0.1, 0.15) is 0 Å². The Morgan fingerprint density at radius 3 is 1.81 bits per heavy atom. The Morgan fingerprint density at radius 1 is 0.667 bits per heavy atom. The molecule has 2 aliphatic heterocycles. The smallest absolute Gasteiger partial charge is 0.203 e. The highest BCUT2D eigenvalue weighted by atomic mass is 19.2. The maximum atomic E-state index is 13.6. The predicted molar refractivity (Wildman–Crippen MR) is 84.7 cm³/mol. The number of halogens is 5. The minimum atomic E-state index is -1.56. The van der Waals surface area contributed by atoms with Crippen molar-refractivity contribution in [3.63, 3.8) is 0 Å². The fraction of sp³-hybridized carbons (Fsp3) is 0.333. The third kappa shape index (κ3) is 3.44. The van der Waals surface area contributed by atoms with Crippen LogP contribution in [-0.2, 0) is 0 Å². The fourth-order valence-corrected chi connectivity index (χ4v) is 2.98. The summed E-state index contributed by atoms with van der Waals surface area (Å²) in [5.74, 6) is -6.41. The molecule has 4 nitrogen and oxygen atoms in total. The number of hydrogen-bond donors (Lipinski definition) is 0. The second-order valence-electron chi connectivity index (χ2n) is 6.45. The van der Waals surface area contributed by atoms with Crippen LogP contribution in [-0.4, -0.2) is 48.4 Å². The molecule has 0 saturated carbocycles. The van der Waals surface area contributed by atoms with Gasteiger partial charge in [0.2, 0.25) is 5.82 Å². The number of hydrogen-bond acceptors (Lipinski definition) is 4. The van der Waals surface area contributed by atoms with Crippen LogP contribution in [0.3, 0.4) is 0 Å². The first kappa shape index (κ1) is 18.0. The van der Waals surface area contributed by atoms with Crippen molar-refractivity contribution in [2.24, 2.45) is 0 Å². The highest BCUT2D eigenvalue weighted by Gasteiger charge is 2.41. The molecule has 144 valence electrons. The third-order valence-electron chi connectivity index (χ3n) is 4.55. The molecule has 27 heavy (non-hydrogen) atoms. The second-order valence-corrected chi connectivity index (χ2v) is 6.45. The molecule has 2 fully saturated rings. The summed E-state index contributed by atoms with van der Waals surface area (Å²) in [4.78, 5) is 0. The minimum Gasteiger partial charge on any atom is -0.484 e. The van der Waals surface area contributed by atoms with Gasteiger partial charge < -0.3 is 9.47 Å². The van der Waals surface area contributed by atoms with Crippen LogP contribution in [0, 0.1) is 29.1 Å². The van der Waals surface area contributed by atoms with Crippen molar-refractivity contribution < 1.29 is 31.4 Å². The number of rotatable bonds is 5. The zero-order valence-electron chi connectivity index (χ0n) is 14.0. The molecule has 0 radical (unpaired) electrons. The van der Waals surface area contributed by atoms with E-state index in [0.29, 0.717) is 26.2 Å². The van der Waals surface area contributed by atoms with Gasteiger partial charge in [-0.3, -0.25) is 0 Å². The lowest BCUT2D eigenvalue weighted by atomic mass is 10.1. The van der Waals surface area contributed by atoms with Crippen molar-refractivity contribution in [2.45, 2.75) is 12.2 Å². The minimum absolute atomic E-state index is 0.335. The van der Waals surface area contributed by atoms with Gasteiger partial charge >= 0.3 is 0 Å². The highest BCUT2D eigenvalue weighted by Crippen LogP contribution is 2.29. The van der Waals surface area contributed by atoms with E-state index in [1.165, 1.54) is 6.07 Å². The Balaban J connectivity index is 1.24. The molecule has 0 unspecified atom stereocenters. The van der Waals surface area contributed by atoms with E-state index < -0.39 is 29.1 Å². The Kier molecular flexibility index (Phi) is 4.65. The largest absolute Gasteiger partial charge is 0.484 e. The number of ether oxygens (including phenoxy) is 2. The molecule has 0 N–H and O–H groups in total. The Labute approximate surface area is 151 Å². The van der Waals surface area contributed by atoms with Crippen molar-refractivity contribution in [1.29, 1.82) is 0 Å². The summed E-state index contributed by atoms with van der Waals surface area (Å²) in [6.45, 7) is 1.75. The molecule has 2 aromatic carbocycles. The maximum absolute atomic E-state index is 13.6. The van der Waals surface area contributed by atoms with E-state index in [-0.39, 0.29) is 23.7 Å². The van der Waals surface area contributed by atoms with E-state index in [2.05, 4.69) is 0 Å². The first-order valence-electron chi connectivity index (χ1n) is 8.33. The summed E-state index contributed by atoms with van der Waals surface area (Å²) in [5, 5.41) is 3.81. The second kappa shape index (κ2) is 6.97. The zero-order chi connectivity index (χ0) is 19.1. The highest BCUT2D eigenvalue weighted by molar-refractivity contribution is 5.27. The van der Waals surface area contributed by atoms with E-state index in [9.17, 15) is 22.0 Å². The van der Waals surface area contributed by atoms with Crippen LogP contribution in [0.5, 0.6) is 11.5 Å². The van der Waals surface area contributed by atoms with Gasteiger partial charge in [0.1, 0.15) is 12.2 Å². The van der Waals surface area contributed by atoms with Crippen molar-refractivity contribution in [3.8, 4) is 11.5 Å². The SMILES string of the molecule is Fc1ccc(OC2CN(N3CC(Oc4c(F)cccc4F)C3)C2)c(F)c1F. The molecule has 0 bridgehead atoms. The van der Waals surface area contributed by atoms with Gasteiger partial charge in [0, 0.05) is 0 Å². The number of nitrogens with zero attached hydrogens (tertiary/aromatic N) is 2. The summed E-state index contributed by atoms with van der Waals surface area (Å²) in [6.07, 6.45) is -0.714. The van der Waals surface area contributed by atoms with Crippen molar-refractivity contribution in [2.75, 3.05) is 26.2 Å². The van der Waals surface area contributed by atoms with E-state index in [1.54, 1.807) is 0 Å². The zero-order valence-corrected chi connectivity index (χ0v) is 14.0. The summed E-state index contributed by atoms with van der Waals surface area (Å²) < 4.78 is 77.5. The van der Waals surface area contributed by atoms with Crippen LogP contribution >= 0.6 is 0 Å². The molecule has 0 amide bonds. The van der Waals surface area contributed by atoms with Gasteiger partial charge in [0.25, 0.3) is 0 Å². The van der Waals surface area contributed by atoms with Crippen LogP contribution < -0.4 is 9.47 Å². The van der Waals surface area contributed by atoms with Crippen LogP contribution in [0.4, 0.5) is 22.0 Å². The topological polar surface area (TPSA) is 24.9 Å². The molecular formula is C18H15F5N2O2. The van der Waals surface area contributed by atoms with E-state index in [0.717, 1.165) is 24.3 Å². The first-order chi connectivity index (χ1) is 12.9. The lowest BCUT2D eigenvalue weighted by Crippen LogP contribution is -2.69. The van der Waals surface area contributed by atoms with Crippen molar-refractivity contribution in [1.82, 2.24) is 10.0 Å². The summed E-state index contributed by atoms with van der Waals surface area (Å²) in [7, 11) is 0. The normalized spacial score (nSPS) is 18.9. The quantitative estimate of drug-likeness (QED) is 0.583. The van der Waals surface area contributed by atoms with E-state index in [1.807, 2.05) is 10.0 Å². The summed E-state index contributed by atoms with van der Waals surface area (Å²) in [6, 6.07) is 5.38. The number of para-hydroxylation sites is 1. The monoisotopic (exact) mass is 386 g/mol. The average molecular weight is 386 g/mol. The van der Waals surface area contributed by atoms with Crippen molar-refractivity contribution in [3.05, 3.63) is 59.4 Å². The lowest BCUT2D eigenvalue weighted by molar-refractivity contribution is -0.188. The van der Waals surface area contributed by atoms with Crippen LogP contribution in [0.25, 0.3) is 0 Å². The molecule has 2 heterocycles. The molecule has 2 aromatic rings. The van der Waals surface area contributed by atoms with Crippen molar-refractivity contribution >= 4 is 0 Å². The summed E-state index contributed by atoms with van der Waals surface area (Å²) in [5.41, 5.74) is 0. The predicted octanol–water partition coefficient (Wildman–Crippen LogP) is 3.12. The molecule has 2 aliphatic rings. The van der Waals surface area contributed by atoms with Gasteiger partial charge in [-0.15, -0.1) is 0 Å². The molecule has 0 aromatic heterocycles. The third-order valence-corrected chi connectivity index (χ3v) is 4.55. The summed E-state index contributed by atoms with van der Waals surface area (Å²) >= 11 is 0. The number of hydrazine groups is 1. The number of benzene rings is 2. The molecule has 2 saturated heterocycles. The maximum Gasteiger partial charge on any atom is 0.203 e. The lowest BCUT2D eigenvalue weighted by Gasteiger charge is -2.51. The Hall–Kier alpha value is -2.39. The standard InChI is InChI=1S/C18H15F5N2O2/c19-12-4-5-15(17(23)16(12)22)26-10-6-24(7-10)25-8-11(9-25)27-18-13(20)2-1-3-14(18)21/h1-5,10-11H,6-9H2. The molecule has 9 heteroatoms. The molecule has 4 rings (SSSR count). The Morgan fingerprint density at radius 2 is 1.22 bits per heavy atom. The van der Waals surface area contributed by atoms with Gasteiger partial charge in [-0.1, -0.05) is 6.07 Å². The molecular weight excluding hydrogens is 371 g/mol. The van der Waals surface area contributed by atoms with Gasteiger partial charge in [-0.25, -0.2) is 27.6 Å². The van der Waals surface area contributed by atoms with Gasteiger partial charge in [0.15, 0.2) is 34.8 Å². The molecule has 0 spiro atoms. The van der Waals surface area contributed by atoms with E-state index >= 15 is 0 Å². The van der Waals surface area contributed by atoms with Gasteiger partial charge in [0.05, 0.1) is 26.2 Å². The van der Waals surface area contributed by atoms with Gasteiger partial charge in [-0.05, 0) is 24.3 Å². The van der Waals surface area contributed by atoms with Gasteiger partial charge in [-0.2, -0.15) is 4.39 Å². The van der Waals surface area contributed by atoms with Crippen LogP contribution in [0.15, 0.2) is 30.3 Å². The Bertz CT molecular complexity index is 834. The van der Waals surface area contributed by atoms with E-state index in [4.69, 9.17) is 9.47 Å². The first-order valence-corrected chi connectivity index (χ1v) is 8.33. The average Bonchev–Trinajstić information content (AvgIpc) is 2.56.